The number of nitrogens with two attached hydrogens (primary N) is 1. The third-order valence-electron chi connectivity index (χ3n) is 6.39. The monoisotopic (exact) mass is 545 g/mol. The molecule has 12 heteroatoms. The van der Waals surface area contributed by atoms with Crippen molar-refractivity contribution in [1.29, 1.82) is 0 Å². The van der Waals surface area contributed by atoms with Crippen LogP contribution in [0, 0.1) is 6.92 Å². The highest BCUT2D eigenvalue weighted by Crippen LogP contribution is 2.42. The van der Waals surface area contributed by atoms with Crippen LogP contribution in [-0.2, 0) is 24.3 Å². The summed E-state index contributed by atoms with van der Waals surface area (Å²) in [5.41, 5.74) is 8.75. The predicted octanol–water partition coefficient (Wildman–Crippen LogP) is 1.86. The van der Waals surface area contributed by atoms with E-state index in [4.69, 9.17) is 24.7 Å². The minimum absolute atomic E-state index is 0.142. The van der Waals surface area contributed by atoms with E-state index < -0.39 is 40.8 Å². The number of carbonyl (C=O) groups excluding carboxylic acids is 2. The molecule has 204 valence electrons. The number of hydrogen-bond donors (Lipinski definition) is 3. The highest BCUT2D eigenvalue weighted by molar-refractivity contribution is 7.92. The van der Waals surface area contributed by atoms with Crippen molar-refractivity contribution in [2.24, 2.45) is 5.73 Å². The van der Waals surface area contributed by atoms with Crippen LogP contribution < -0.4 is 15.4 Å². The van der Waals surface area contributed by atoms with E-state index >= 15 is 0 Å². The minimum Gasteiger partial charge on any atom is -0.462 e. The van der Waals surface area contributed by atoms with Gasteiger partial charge in [0.05, 0.1) is 36.8 Å². The van der Waals surface area contributed by atoms with Crippen molar-refractivity contribution in [3.05, 3.63) is 53.1 Å². The van der Waals surface area contributed by atoms with Gasteiger partial charge in [-0.2, -0.15) is 0 Å². The Bertz CT molecular complexity index is 1470. The molecule has 0 saturated heterocycles. The molecule has 1 aliphatic heterocycles. The summed E-state index contributed by atoms with van der Waals surface area (Å²) in [6.45, 7) is 2.70. The lowest BCUT2D eigenvalue weighted by Crippen LogP contribution is -2.41. The molecular formula is C26H31N3O8S. The lowest BCUT2D eigenvalue weighted by molar-refractivity contribution is -0.151. The fraction of sp³-hybridized carbons (Fsp3) is 0.385. The van der Waals surface area contributed by atoms with E-state index in [9.17, 15) is 18.0 Å². The highest BCUT2D eigenvalue weighted by atomic mass is 32.2. The molecule has 38 heavy (non-hydrogen) atoms. The normalized spacial score (nSPS) is 18.5. The number of nitrogens with one attached hydrogen (secondary N) is 1. The van der Waals surface area contributed by atoms with Gasteiger partial charge < -0.3 is 30.0 Å². The van der Waals surface area contributed by atoms with Crippen LogP contribution in [0.1, 0.15) is 34.5 Å². The van der Waals surface area contributed by atoms with E-state index in [1.165, 1.54) is 11.4 Å². The number of sulfonamides is 1. The van der Waals surface area contributed by atoms with Gasteiger partial charge in [0.2, 0.25) is 10.0 Å². The number of ether oxygens (including phenoxy) is 2. The second-order valence-electron chi connectivity index (χ2n) is 9.27. The molecule has 0 unspecified atom stereocenters. The number of hydrogen-bond acceptors (Lipinski definition) is 9. The van der Waals surface area contributed by atoms with E-state index in [1.807, 2.05) is 31.2 Å². The molecule has 2 heterocycles. The lowest BCUT2D eigenvalue weighted by Gasteiger charge is -2.25. The maximum Gasteiger partial charge on any atom is 0.325 e. The molecule has 4 rings (SSSR count). The summed E-state index contributed by atoms with van der Waals surface area (Å²) < 4.78 is 44.3. The summed E-state index contributed by atoms with van der Waals surface area (Å²) in [4.78, 5) is 24.9. The van der Waals surface area contributed by atoms with Crippen LogP contribution >= 0.6 is 0 Å². The molecular weight excluding hydrogens is 514 g/mol. The quantitative estimate of drug-likeness (QED) is 0.376. The predicted molar refractivity (Wildman–Crippen MR) is 141 cm³/mol. The highest BCUT2D eigenvalue weighted by Gasteiger charge is 2.34. The van der Waals surface area contributed by atoms with Crippen molar-refractivity contribution in [3.8, 4) is 11.3 Å². The minimum atomic E-state index is -3.80. The standard InChI is InChI=1S/C26H31N3O8S/c1-14-5-7-16(8-6-14)24-23(25(31)28-3)19-9-18-15(2)36-17(13-35-26(32)20(27)12-30)11-29(38(4,33)34)21(18)10-22(19)37-24/h5-10,15,17,20,30H,11-13,27H2,1-4H3,(H,28,31)/t15-,17-,20-/m0/s1. The van der Waals surface area contributed by atoms with Gasteiger partial charge in [0.1, 0.15) is 30.1 Å². The zero-order valence-corrected chi connectivity index (χ0v) is 22.4. The van der Waals surface area contributed by atoms with Crippen LogP contribution in [0.5, 0.6) is 0 Å². The first-order valence-corrected chi connectivity index (χ1v) is 13.8. The number of furan rings is 1. The van der Waals surface area contributed by atoms with E-state index in [-0.39, 0.29) is 19.1 Å². The van der Waals surface area contributed by atoms with Gasteiger partial charge >= 0.3 is 5.97 Å². The van der Waals surface area contributed by atoms with Gasteiger partial charge in [0.25, 0.3) is 5.91 Å². The lowest BCUT2D eigenvalue weighted by atomic mass is 10.00. The number of rotatable bonds is 7. The maximum absolute atomic E-state index is 13.0. The van der Waals surface area contributed by atoms with Crippen molar-refractivity contribution in [3.63, 3.8) is 0 Å². The summed E-state index contributed by atoms with van der Waals surface area (Å²) >= 11 is 0. The fourth-order valence-corrected chi connectivity index (χ4v) is 5.35. The number of amides is 1. The first-order valence-electron chi connectivity index (χ1n) is 12.0. The van der Waals surface area contributed by atoms with Crippen molar-refractivity contribution < 1.29 is 37.0 Å². The first-order chi connectivity index (χ1) is 17.9. The van der Waals surface area contributed by atoms with Crippen LogP contribution in [-0.4, -0.2) is 70.6 Å². The smallest absolute Gasteiger partial charge is 0.325 e. The molecule has 0 aliphatic carbocycles. The Kier molecular flexibility index (Phi) is 7.79. The van der Waals surface area contributed by atoms with Gasteiger partial charge in [-0.05, 0) is 19.9 Å². The Morgan fingerprint density at radius 3 is 2.55 bits per heavy atom. The number of benzene rings is 2. The summed E-state index contributed by atoms with van der Waals surface area (Å²) in [6, 6.07) is 9.61. The van der Waals surface area contributed by atoms with E-state index in [0.717, 1.165) is 11.8 Å². The van der Waals surface area contributed by atoms with Crippen LogP contribution in [0.3, 0.4) is 0 Å². The Hall–Kier alpha value is -3.45. The molecule has 0 spiro atoms. The van der Waals surface area contributed by atoms with Gasteiger partial charge in [0.15, 0.2) is 0 Å². The largest absolute Gasteiger partial charge is 0.462 e. The summed E-state index contributed by atoms with van der Waals surface area (Å²) in [5, 5.41) is 12.2. The Balaban J connectivity index is 1.83. The van der Waals surface area contributed by atoms with Crippen molar-refractivity contribution in [1.82, 2.24) is 5.32 Å². The number of aryl methyl sites for hydroxylation is 1. The Labute approximate surface area is 220 Å². The van der Waals surface area contributed by atoms with Crippen LogP contribution in [0.2, 0.25) is 0 Å². The Morgan fingerprint density at radius 2 is 1.95 bits per heavy atom. The van der Waals surface area contributed by atoms with Gasteiger partial charge in [-0.3, -0.25) is 13.9 Å². The number of carbonyl (C=O) groups is 2. The Morgan fingerprint density at radius 1 is 1.26 bits per heavy atom. The number of esters is 1. The molecule has 0 saturated carbocycles. The molecule has 1 aromatic heterocycles. The molecule has 2 aromatic carbocycles. The zero-order valence-electron chi connectivity index (χ0n) is 21.6. The molecule has 0 bridgehead atoms. The van der Waals surface area contributed by atoms with Crippen molar-refractivity contribution >= 4 is 38.6 Å². The van der Waals surface area contributed by atoms with Crippen LogP contribution in [0.15, 0.2) is 40.8 Å². The number of aliphatic hydroxyl groups is 1. The fourth-order valence-electron chi connectivity index (χ4n) is 4.40. The molecule has 3 aromatic rings. The molecule has 1 amide bonds. The number of aliphatic hydroxyl groups excluding tert-OH is 1. The SMILES string of the molecule is CNC(=O)c1c(-c2ccc(C)cc2)oc2cc3c(cc12)[C@H](C)O[C@H](COC(=O)[C@@H](N)CO)CN3S(C)(=O)=O. The topological polar surface area (TPSA) is 161 Å². The molecule has 1 aliphatic rings. The average molecular weight is 546 g/mol. The maximum atomic E-state index is 13.0. The van der Waals surface area contributed by atoms with E-state index in [1.54, 1.807) is 19.1 Å². The van der Waals surface area contributed by atoms with Crippen molar-refractivity contribution in [2.45, 2.75) is 32.1 Å². The number of fused-ring (bicyclic) bond motifs is 2. The molecule has 11 nitrogen and oxygen atoms in total. The van der Waals surface area contributed by atoms with Gasteiger partial charge in [0, 0.05) is 29.6 Å². The number of anilines is 1. The zero-order chi connectivity index (χ0) is 27.8. The van der Waals surface area contributed by atoms with E-state index in [2.05, 4.69) is 5.32 Å². The van der Waals surface area contributed by atoms with Gasteiger partial charge in [-0.1, -0.05) is 29.8 Å². The van der Waals surface area contributed by atoms with Gasteiger partial charge in [-0.15, -0.1) is 0 Å². The van der Waals surface area contributed by atoms with Crippen LogP contribution in [0.25, 0.3) is 22.3 Å². The average Bonchev–Trinajstić information content (AvgIpc) is 3.19. The third kappa shape index (κ3) is 5.39. The number of nitrogens with zero attached hydrogens (tertiary/aromatic N) is 1. The molecule has 3 atom stereocenters. The summed E-state index contributed by atoms with van der Waals surface area (Å²) in [5.74, 6) is -0.816. The molecule has 4 N–H and O–H groups in total. The molecule has 0 radical (unpaired) electrons. The van der Waals surface area contributed by atoms with Gasteiger partial charge in [-0.25, -0.2) is 8.42 Å². The van der Waals surface area contributed by atoms with E-state index in [0.29, 0.717) is 39.1 Å². The summed E-state index contributed by atoms with van der Waals surface area (Å²) in [6.07, 6.45) is -0.390. The second kappa shape index (κ2) is 10.7. The van der Waals surface area contributed by atoms with Crippen molar-refractivity contribution in [2.75, 3.05) is 37.4 Å². The third-order valence-corrected chi connectivity index (χ3v) is 7.54. The molecule has 0 fully saturated rings. The van der Waals surface area contributed by atoms with Crippen LogP contribution in [0.4, 0.5) is 5.69 Å². The second-order valence-corrected chi connectivity index (χ2v) is 11.2. The first kappa shape index (κ1) is 27.6. The summed E-state index contributed by atoms with van der Waals surface area (Å²) in [7, 11) is -2.28.